The molecule has 1 amide bonds. The number of nitrogens with one attached hydrogen (secondary N) is 1. The topological polar surface area (TPSA) is 58.6 Å². The van der Waals surface area contributed by atoms with Gasteiger partial charge in [0.1, 0.15) is 0 Å². The lowest BCUT2D eigenvalue weighted by Crippen LogP contribution is -2.45. The Hall–Kier alpha value is -1.10. The normalized spacial score (nSPS) is 12.3. The highest BCUT2D eigenvalue weighted by Crippen LogP contribution is 1.96. The third-order valence-corrected chi connectivity index (χ3v) is 2.48. The van der Waals surface area contributed by atoms with Crippen molar-refractivity contribution in [2.75, 3.05) is 27.2 Å². The summed E-state index contributed by atoms with van der Waals surface area (Å²) in [6, 6.07) is -0.323. The van der Waals surface area contributed by atoms with Gasteiger partial charge in [-0.1, -0.05) is 13.3 Å². The fourth-order valence-corrected chi connectivity index (χ4v) is 1.14. The second-order valence-electron chi connectivity index (χ2n) is 3.81. The van der Waals surface area contributed by atoms with Crippen LogP contribution in [0.5, 0.6) is 0 Å². The van der Waals surface area contributed by atoms with Crippen LogP contribution in [0.2, 0.25) is 0 Å². The minimum atomic E-state index is -0.337. The van der Waals surface area contributed by atoms with Crippen LogP contribution in [0.1, 0.15) is 26.7 Å². The third kappa shape index (κ3) is 5.70. The molecule has 0 saturated carbocycles. The number of rotatable bonds is 7. The number of ether oxygens (including phenoxy) is 1. The number of carbonyl (C=O) groups is 2. The van der Waals surface area contributed by atoms with Gasteiger partial charge in [0.05, 0.1) is 19.7 Å². The van der Waals surface area contributed by atoms with Crippen LogP contribution in [0.25, 0.3) is 0 Å². The van der Waals surface area contributed by atoms with Gasteiger partial charge in [-0.3, -0.25) is 14.5 Å². The molecule has 0 aromatic rings. The van der Waals surface area contributed by atoms with E-state index in [1.54, 1.807) is 18.9 Å². The number of nitrogens with zero attached hydrogens (tertiary/aromatic N) is 1. The smallest absolute Gasteiger partial charge is 0.319 e. The van der Waals surface area contributed by atoms with E-state index in [0.29, 0.717) is 6.54 Å². The molecular weight excluding hydrogens is 208 g/mol. The number of hydrogen-bond donors (Lipinski definition) is 1. The van der Waals surface area contributed by atoms with E-state index >= 15 is 0 Å². The summed E-state index contributed by atoms with van der Waals surface area (Å²) in [7, 11) is 3.06. The maximum Gasteiger partial charge on any atom is 0.319 e. The van der Waals surface area contributed by atoms with Crippen molar-refractivity contribution >= 4 is 11.9 Å². The van der Waals surface area contributed by atoms with Crippen LogP contribution in [0.3, 0.4) is 0 Å². The standard InChI is InChI=1S/C11H22N2O3/c1-5-6-7-12-11(15)9(2)13(3)8-10(14)16-4/h9H,5-8H2,1-4H3,(H,12,15). The minimum Gasteiger partial charge on any atom is -0.468 e. The molecular formula is C11H22N2O3. The lowest BCUT2D eigenvalue weighted by molar-refractivity contribution is -0.142. The monoisotopic (exact) mass is 230 g/mol. The Bertz CT molecular complexity index is 231. The van der Waals surface area contributed by atoms with Gasteiger partial charge in [0.15, 0.2) is 0 Å². The third-order valence-electron chi connectivity index (χ3n) is 2.48. The molecule has 0 aromatic heterocycles. The van der Waals surface area contributed by atoms with Gasteiger partial charge in [0.2, 0.25) is 5.91 Å². The van der Waals surface area contributed by atoms with Crippen LogP contribution in [-0.2, 0) is 14.3 Å². The Labute approximate surface area is 97.1 Å². The van der Waals surface area contributed by atoms with E-state index in [1.165, 1.54) is 7.11 Å². The van der Waals surface area contributed by atoms with E-state index in [0.717, 1.165) is 12.8 Å². The number of unbranched alkanes of at least 4 members (excludes halogenated alkanes) is 1. The SMILES string of the molecule is CCCCNC(=O)C(C)N(C)CC(=O)OC. The Morgan fingerprint density at radius 1 is 1.44 bits per heavy atom. The highest BCUT2D eigenvalue weighted by Gasteiger charge is 2.19. The zero-order chi connectivity index (χ0) is 12.6. The van der Waals surface area contributed by atoms with E-state index in [9.17, 15) is 9.59 Å². The van der Waals surface area contributed by atoms with Crippen molar-refractivity contribution in [1.29, 1.82) is 0 Å². The zero-order valence-corrected chi connectivity index (χ0v) is 10.6. The van der Waals surface area contributed by atoms with Gasteiger partial charge in [0, 0.05) is 6.54 Å². The van der Waals surface area contributed by atoms with Crippen LogP contribution in [0.15, 0.2) is 0 Å². The first-order valence-corrected chi connectivity index (χ1v) is 5.57. The van der Waals surface area contributed by atoms with Crippen molar-refractivity contribution < 1.29 is 14.3 Å². The van der Waals surface area contributed by atoms with Crippen LogP contribution in [-0.4, -0.2) is 50.1 Å². The average molecular weight is 230 g/mol. The molecule has 0 heterocycles. The van der Waals surface area contributed by atoms with Crippen molar-refractivity contribution in [1.82, 2.24) is 10.2 Å². The van der Waals surface area contributed by atoms with E-state index in [1.807, 2.05) is 0 Å². The predicted molar refractivity (Wildman–Crippen MR) is 62.0 cm³/mol. The second-order valence-corrected chi connectivity index (χ2v) is 3.81. The Morgan fingerprint density at radius 3 is 2.56 bits per heavy atom. The summed E-state index contributed by atoms with van der Waals surface area (Å²) in [4.78, 5) is 24.3. The van der Waals surface area contributed by atoms with Crippen molar-refractivity contribution in [2.24, 2.45) is 0 Å². The van der Waals surface area contributed by atoms with Gasteiger partial charge in [0.25, 0.3) is 0 Å². The first-order valence-electron chi connectivity index (χ1n) is 5.57. The molecule has 0 aromatic carbocycles. The molecule has 0 fully saturated rings. The molecule has 0 aliphatic heterocycles. The molecule has 1 atom stereocenters. The summed E-state index contributed by atoms with van der Waals surface area (Å²) < 4.78 is 4.54. The summed E-state index contributed by atoms with van der Waals surface area (Å²) in [5.74, 6) is -0.393. The van der Waals surface area contributed by atoms with Crippen molar-refractivity contribution in [2.45, 2.75) is 32.7 Å². The molecule has 0 aliphatic carbocycles. The van der Waals surface area contributed by atoms with Crippen LogP contribution in [0, 0.1) is 0 Å². The lowest BCUT2D eigenvalue weighted by atomic mass is 10.2. The minimum absolute atomic E-state index is 0.0557. The molecule has 1 unspecified atom stereocenters. The number of hydrogen-bond acceptors (Lipinski definition) is 4. The highest BCUT2D eigenvalue weighted by atomic mass is 16.5. The molecule has 5 heteroatoms. The largest absolute Gasteiger partial charge is 0.468 e. The number of esters is 1. The summed E-state index contributed by atoms with van der Waals surface area (Å²) >= 11 is 0. The molecule has 0 aliphatic rings. The van der Waals surface area contributed by atoms with E-state index < -0.39 is 0 Å². The van der Waals surface area contributed by atoms with Crippen LogP contribution < -0.4 is 5.32 Å². The zero-order valence-electron chi connectivity index (χ0n) is 10.6. The fourth-order valence-electron chi connectivity index (χ4n) is 1.14. The molecule has 5 nitrogen and oxygen atoms in total. The predicted octanol–water partition coefficient (Wildman–Crippen LogP) is 0.396. The number of methoxy groups -OCH3 is 1. The van der Waals surface area contributed by atoms with Crippen LogP contribution >= 0.6 is 0 Å². The highest BCUT2D eigenvalue weighted by molar-refractivity contribution is 5.82. The Kier molecular flexibility index (Phi) is 7.54. The van der Waals surface area contributed by atoms with Crippen LogP contribution in [0.4, 0.5) is 0 Å². The van der Waals surface area contributed by atoms with Gasteiger partial charge < -0.3 is 10.1 Å². The summed E-state index contributed by atoms with van der Waals surface area (Å²) in [6.07, 6.45) is 2.02. The lowest BCUT2D eigenvalue weighted by Gasteiger charge is -2.22. The quantitative estimate of drug-likeness (QED) is 0.508. The van der Waals surface area contributed by atoms with Crippen molar-refractivity contribution in [3.8, 4) is 0 Å². The van der Waals surface area contributed by atoms with E-state index in [-0.39, 0.29) is 24.5 Å². The Balaban J connectivity index is 3.96. The maximum absolute atomic E-state index is 11.6. The Morgan fingerprint density at radius 2 is 2.06 bits per heavy atom. The van der Waals surface area contributed by atoms with Gasteiger partial charge in [-0.05, 0) is 20.4 Å². The molecule has 94 valence electrons. The molecule has 0 spiro atoms. The van der Waals surface area contributed by atoms with Gasteiger partial charge in [-0.25, -0.2) is 0 Å². The summed E-state index contributed by atoms with van der Waals surface area (Å²) in [6.45, 7) is 4.65. The summed E-state index contributed by atoms with van der Waals surface area (Å²) in [5, 5.41) is 2.82. The fraction of sp³-hybridized carbons (Fsp3) is 0.818. The first-order chi connectivity index (χ1) is 7.52. The number of likely N-dealkylation sites (N-methyl/N-ethyl adjacent to an activating group) is 1. The molecule has 0 radical (unpaired) electrons. The molecule has 1 N–H and O–H groups in total. The van der Waals surface area contributed by atoms with Gasteiger partial charge in [-0.2, -0.15) is 0 Å². The maximum atomic E-state index is 11.6. The number of amides is 1. The van der Waals surface area contributed by atoms with Gasteiger partial charge >= 0.3 is 5.97 Å². The summed E-state index contributed by atoms with van der Waals surface area (Å²) in [5.41, 5.74) is 0. The second kappa shape index (κ2) is 8.10. The number of carbonyl (C=O) groups excluding carboxylic acids is 2. The van der Waals surface area contributed by atoms with Crippen molar-refractivity contribution in [3.63, 3.8) is 0 Å². The molecule has 0 rings (SSSR count). The average Bonchev–Trinajstić information content (AvgIpc) is 2.27. The van der Waals surface area contributed by atoms with Crippen molar-refractivity contribution in [3.05, 3.63) is 0 Å². The van der Waals surface area contributed by atoms with Gasteiger partial charge in [-0.15, -0.1) is 0 Å². The van der Waals surface area contributed by atoms with E-state index in [2.05, 4.69) is 17.0 Å². The molecule has 16 heavy (non-hydrogen) atoms. The first kappa shape index (κ1) is 14.9. The molecule has 0 saturated heterocycles. The van der Waals surface area contributed by atoms with E-state index in [4.69, 9.17) is 0 Å². The molecule has 0 bridgehead atoms.